The van der Waals surface area contributed by atoms with Crippen molar-refractivity contribution in [3.63, 3.8) is 0 Å². The van der Waals surface area contributed by atoms with Crippen molar-refractivity contribution in [1.82, 2.24) is 9.38 Å². The molecule has 3 rings (SSSR count). The zero-order valence-corrected chi connectivity index (χ0v) is 9.48. The van der Waals surface area contributed by atoms with Crippen LogP contribution < -0.4 is 0 Å². The van der Waals surface area contributed by atoms with Crippen LogP contribution in [0, 0.1) is 4.91 Å². The summed E-state index contributed by atoms with van der Waals surface area (Å²) >= 11 is 0. The normalized spacial score (nSPS) is 10.7. The molecular formula is C12H7N3O4. The number of hydrogen-bond acceptors (Lipinski definition) is 5. The van der Waals surface area contributed by atoms with Crippen molar-refractivity contribution in [2.45, 2.75) is 0 Å². The number of imidazole rings is 1. The Labute approximate surface area is 106 Å². The van der Waals surface area contributed by atoms with E-state index in [4.69, 9.17) is 9.52 Å². The summed E-state index contributed by atoms with van der Waals surface area (Å²) in [6, 6.07) is 6.05. The van der Waals surface area contributed by atoms with Gasteiger partial charge < -0.3 is 9.52 Å². The van der Waals surface area contributed by atoms with Crippen molar-refractivity contribution in [3.05, 3.63) is 47.2 Å². The Morgan fingerprint density at radius 1 is 1.42 bits per heavy atom. The van der Waals surface area contributed by atoms with Crippen molar-refractivity contribution in [1.29, 1.82) is 0 Å². The van der Waals surface area contributed by atoms with Crippen LogP contribution in [0.25, 0.3) is 17.1 Å². The Bertz CT molecular complexity index is 774. The minimum Gasteiger partial charge on any atom is -0.478 e. The van der Waals surface area contributed by atoms with Crippen LogP contribution in [0.2, 0.25) is 0 Å². The maximum atomic E-state index is 10.9. The molecule has 0 saturated carbocycles. The Kier molecular flexibility index (Phi) is 2.38. The van der Waals surface area contributed by atoms with Crippen LogP contribution in [-0.2, 0) is 0 Å². The van der Waals surface area contributed by atoms with Crippen molar-refractivity contribution in [2.75, 3.05) is 0 Å². The summed E-state index contributed by atoms with van der Waals surface area (Å²) in [7, 11) is 0. The SMILES string of the molecule is O=Nc1c(-c2ccco2)nc2cc(C(=O)O)ccn12. The molecule has 0 aliphatic rings. The number of carbonyl (C=O) groups is 1. The fourth-order valence-electron chi connectivity index (χ4n) is 1.83. The van der Waals surface area contributed by atoms with E-state index in [2.05, 4.69) is 10.2 Å². The Balaban J connectivity index is 2.29. The van der Waals surface area contributed by atoms with E-state index in [0.717, 1.165) is 0 Å². The Hall–Kier alpha value is -2.96. The summed E-state index contributed by atoms with van der Waals surface area (Å²) in [5, 5.41) is 11.9. The molecule has 0 fully saturated rings. The van der Waals surface area contributed by atoms with Crippen molar-refractivity contribution in [2.24, 2.45) is 5.18 Å². The van der Waals surface area contributed by atoms with Crippen molar-refractivity contribution >= 4 is 17.4 Å². The molecule has 0 aromatic carbocycles. The van der Waals surface area contributed by atoms with Crippen LogP contribution in [0.4, 0.5) is 5.82 Å². The number of furan rings is 1. The van der Waals surface area contributed by atoms with E-state index in [1.807, 2.05) is 0 Å². The van der Waals surface area contributed by atoms with Crippen molar-refractivity contribution in [3.8, 4) is 11.5 Å². The van der Waals surface area contributed by atoms with Gasteiger partial charge in [-0.05, 0) is 29.4 Å². The second-order valence-electron chi connectivity index (χ2n) is 3.80. The number of fused-ring (bicyclic) bond motifs is 1. The van der Waals surface area contributed by atoms with E-state index in [9.17, 15) is 9.70 Å². The molecule has 0 bridgehead atoms. The van der Waals surface area contributed by atoms with E-state index < -0.39 is 5.97 Å². The highest BCUT2D eigenvalue weighted by Crippen LogP contribution is 2.31. The van der Waals surface area contributed by atoms with Gasteiger partial charge in [-0.15, -0.1) is 4.91 Å². The van der Waals surface area contributed by atoms with Gasteiger partial charge in [0.15, 0.2) is 11.5 Å². The molecular weight excluding hydrogens is 250 g/mol. The summed E-state index contributed by atoms with van der Waals surface area (Å²) in [5.74, 6) is -0.595. The molecule has 0 atom stereocenters. The Morgan fingerprint density at radius 2 is 2.26 bits per heavy atom. The lowest BCUT2D eigenvalue weighted by Crippen LogP contribution is -1.97. The molecule has 0 aliphatic heterocycles. The van der Waals surface area contributed by atoms with E-state index in [1.165, 1.54) is 29.0 Å². The van der Waals surface area contributed by atoms with E-state index in [1.54, 1.807) is 12.1 Å². The van der Waals surface area contributed by atoms with Crippen LogP contribution in [0.1, 0.15) is 10.4 Å². The molecule has 1 N–H and O–H groups in total. The summed E-state index contributed by atoms with van der Waals surface area (Å²) in [6.07, 6.45) is 2.89. The van der Waals surface area contributed by atoms with Gasteiger partial charge in [0.05, 0.1) is 11.8 Å². The highest BCUT2D eigenvalue weighted by Gasteiger charge is 2.17. The molecule has 3 aromatic heterocycles. The van der Waals surface area contributed by atoms with Gasteiger partial charge in [-0.1, -0.05) is 0 Å². The van der Waals surface area contributed by atoms with Gasteiger partial charge in [0.1, 0.15) is 5.65 Å². The van der Waals surface area contributed by atoms with E-state index in [0.29, 0.717) is 11.4 Å². The standard InChI is InChI=1S/C12H7N3O4/c16-12(17)7-3-4-15-9(6-7)13-10(11(15)14-18)8-2-1-5-19-8/h1-6H,(H,16,17). The lowest BCUT2D eigenvalue weighted by atomic mass is 10.3. The number of nitrogens with zero attached hydrogens (tertiary/aromatic N) is 3. The van der Waals surface area contributed by atoms with Gasteiger partial charge in [0.25, 0.3) is 0 Å². The summed E-state index contributed by atoms with van der Waals surface area (Å²) < 4.78 is 6.59. The maximum Gasteiger partial charge on any atom is 0.335 e. The third-order valence-electron chi connectivity index (χ3n) is 2.69. The van der Waals surface area contributed by atoms with E-state index >= 15 is 0 Å². The van der Waals surface area contributed by atoms with E-state index in [-0.39, 0.29) is 17.1 Å². The molecule has 0 radical (unpaired) electrons. The first-order valence-corrected chi connectivity index (χ1v) is 5.33. The third kappa shape index (κ3) is 1.68. The second kappa shape index (κ2) is 4.05. The Morgan fingerprint density at radius 3 is 2.89 bits per heavy atom. The highest BCUT2D eigenvalue weighted by atomic mass is 16.4. The number of carboxylic acids is 1. The number of aromatic carboxylic acids is 1. The maximum absolute atomic E-state index is 10.9. The number of aromatic nitrogens is 2. The predicted molar refractivity (Wildman–Crippen MR) is 65.3 cm³/mol. The van der Waals surface area contributed by atoms with Gasteiger partial charge in [-0.2, -0.15) is 0 Å². The van der Waals surface area contributed by atoms with Crippen LogP contribution >= 0.6 is 0 Å². The van der Waals surface area contributed by atoms with Crippen LogP contribution in [0.15, 0.2) is 46.3 Å². The smallest absolute Gasteiger partial charge is 0.335 e. The molecule has 7 heteroatoms. The lowest BCUT2D eigenvalue weighted by Gasteiger charge is -1.96. The quantitative estimate of drug-likeness (QED) is 0.727. The first kappa shape index (κ1) is 11.1. The molecule has 7 nitrogen and oxygen atoms in total. The fraction of sp³-hybridized carbons (Fsp3) is 0. The zero-order chi connectivity index (χ0) is 13.4. The van der Waals surface area contributed by atoms with Gasteiger partial charge in [0, 0.05) is 6.20 Å². The fourth-order valence-corrected chi connectivity index (χ4v) is 1.83. The molecule has 94 valence electrons. The number of rotatable bonds is 3. The van der Waals surface area contributed by atoms with Gasteiger partial charge in [-0.3, -0.25) is 4.40 Å². The van der Waals surface area contributed by atoms with Crippen LogP contribution in [-0.4, -0.2) is 20.5 Å². The monoisotopic (exact) mass is 257 g/mol. The zero-order valence-electron chi connectivity index (χ0n) is 9.48. The lowest BCUT2D eigenvalue weighted by molar-refractivity contribution is 0.0697. The summed E-state index contributed by atoms with van der Waals surface area (Å²) in [5.41, 5.74) is 0.685. The predicted octanol–water partition coefficient (Wildman–Crippen LogP) is 2.69. The minimum absolute atomic E-state index is 0.0712. The van der Waals surface area contributed by atoms with Gasteiger partial charge >= 0.3 is 5.97 Å². The average molecular weight is 257 g/mol. The first-order chi connectivity index (χ1) is 9.20. The molecule has 0 saturated heterocycles. The first-order valence-electron chi connectivity index (χ1n) is 5.33. The molecule has 3 heterocycles. The number of nitroso groups, excluding NO2 is 1. The van der Waals surface area contributed by atoms with Gasteiger partial charge in [-0.25, -0.2) is 9.78 Å². The largest absolute Gasteiger partial charge is 0.478 e. The van der Waals surface area contributed by atoms with Crippen LogP contribution in [0.5, 0.6) is 0 Å². The highest BCUT2D eigenvalue weighted by molar-refractivity contribution is 5.89. The molecule has 0 spiro atoms. The summed E-state index contributed by atoms with van der Waals surface area (Å²) in [6.45, 7) is 0. The molecule has 0 unspecified atom stereocenters. The van der Waals surface area contributed by atoms with Crippen molar-refractivity contribution < 1.29 is 14.3 Å². The van der Waals surface area contributed by atoms with Crippen LogP contribution in [0.3, 0.4) is 0 Å². The second-order valence-corrected chi connectivity index (χ2v) is 3.80. The minimum atomic E-state index is -1.06. The third-order valence-corrected chi connectivity index (χ3v) is 2.69. The number of pyridine rings is 1. The summed E-state index contributed by atoms with van der Waals surface area (Å²) in [4.78, 5) is 26.0. The number of carboxylic acid groups (broad SMARTS) is 1. The molecule has 19 heavy (non-hydrogen) atoms. The average Bonchev–Trinajstić information content (AvgIpc) is 3.04. The molecule has 0 amide bonds. The molecule has 3 aromatic rings. The number of hydrogen-bond donors (Lipinski definition) is 1. The molecule has 0 aliphatic carbocycles. The topological polar surface area (TPSA) is 97.2 Å². The van der Waals surface area contributed by atoms with Gasteiger partial charge in [0.2, 0.25) is 5.82 Å².